The zero-order valence-corrected chi connectivity index (χ0v) is 18.9. The molecule has 4 rings (SSSR count). The van der Waals surface area contributed by atoms with Crippen LogP contribution in [0.1, 0.15) is 20.8 Å². The van der Waals surface area contributed by atoms with Crippen molar-refractivity contribution in [3.05, 3.63) is 35.7 Å². The van der Waals surface area contributed by atoms with E-state index in [1.54, 1.807) is 45.5 Å². The van der Waals surface area contributed by atoms with Crippen molar-refractivity contribution < 1.29 is 14.3 Å². The van der Waals surface area contributed by atoms with Gasteiger partial charge in [-0.05, 0) is 38.1 Å². The molecule has 0 radical (unpaired) electrons. The lowest BCUT2D eigenvalue weighted by Crippen LogP contribution is -2.27. The third-order valence-electron chi connectivity index (χ3n) is 4.32. The van der Waals surface area contributed by atoms with Gasteiger partial charge in [0.05, 0.1) is 31.5 Å². The molecule has 0 aliphatic carbocycles. The molecule has 0 fully saturated rings. The predicted octanol–water partition coefficient (Wildman–Crippen LogP) is 3.60. The molecule has 3 aromatic heterocycles. The smallest absolute Gasteiger partial charge is 0.413 e. The number of aromatic nitrogens is 7. The minimum Gasteiger partial charge on any atom is -0.495 e. The molecule has 0 saturated heterocycles. The second kappa shape index (κ2) is 8.08. The molecule has 1 N–H and O–H groups in total. The van der Waals surface area contributed by atoms with Gasteiger partial charge < -0.3 is 9.47 Å². The second-order valence-corrected chi connectivity index (χ2v) is 8.25. The first-order valence-electron chi connectivity index (χ1n) is 9.61. The molecule has 1 amide bonds. The first-order chi connectivity index (χ1) is 15.2. The van der Waals surface area contributed by atoms with Crippen molar-refractivity contribution in [2.45, 2.75) is 26.4 Å². The van der Waals surface area contributed by atoms with Crippen LogP contribution in [-0.2, 0) is 11.8 Å². The summed E-state index contributed by atoms with van der Waals surface area (Å²) in [4.78, 5) is 22.5. The molecule has 0 aliphatic rings. The molecule has 4 aromatic rings. The fourth-order valence-electron chi connectivity index (χ4n) is 3.15. The van der Waals surface area contributed by atoms with Crippen LogP contribution in [0.3, 0.4) is 0 Å². The Labute approximate surface area is 188 Å². The van der Waals surface area contributed by atoms with E-state index >= 15 is 0 Å². The Morgan fingerprint density at radius 2 is 1.97 bits per heavy atom. The second-order valence-electron chi connectivity index (χ2n) is 7.87. The Hall–Kier alpha value is -3.73. The van der Waals surface area contributed by atoms with E-state index in [2.05, 4.69) is 30.7 Å². The van der Waals surface area contributed by atoms with Gasteiger partial charge in [0.15, 0.2) is 11.6 Å². The van der Waals surface area contributed by atoms with Crippen molar-refractivity contribution >= 4 is 29.0 Å². The van der Waals surface area contributed by atoms with Crippen LogP contribution >= 0.6 is 11.6 Å². The largest absolute Gasteiger partial charge is 0.495 e. The first kappa shape index (κ1) is 21.5. The average molecular weight is 457 g/mol. The maximum Gasteiger partial charge on any atom is 0.413 e. The van der Waals surface area contributed by atoms with Gasteiger partial charge in [-0.2, -0.15) is 4.80 Å². The number of carbonyl (C=O) groups is 1. The normalized spacial score (nSPS) is 11.6. The highest BCUT2D eigenvalue weighted by molar-refractivity contribution is 6.29. The van der Waals surface area contributed by atoms with E-state index in [-0.39, 0.29) is 11.0 Å². The number of fused-ring (bicyclic) bond motifs is 1. The number of ether oxygens (including phenoxy) is 2. The van der Waals surface area contributed by atoms with E-state index in [9.17, 15) is 4.79 Å². The summed E-state index contributed by atoms with van der Waals surface area (Å²) in [7, 11) is 3.22. The number of imidazole rings is 1. The topological polar surface area (TPSA) is 121 Å². The minimum absolute atomic E-state index is 0.255. The zero-order chi connectivity index (χ0) is 23.0. The monoisotopic (exact) mass is 456 g/mol. The number of hydrogen-bond acceptors (Lipinski definition) is 8. The molecule has 3 heterocycles. The van der Waals surface area contributed by atoms with Crippen molar-refractivity contribution in [2.24, 2.45) is 7.05 Å². The Bertz CT molecular complexity index is 1310. The van der Waals surface area contributed by atoms with Gasteiger partial charge in [0.2, 0.25) is 5.82 Å². The first-order valence-corrected chi connectivity index (χ1v) is 9.99. The maximum atomic E-state index is 12.4. The third-order valence-corrected chi connectivity index (χ3v) is 4.52. The molecule has 166 valence electrons. The standard InChI is InChI=1S/C20H21ClN8O3/c1-20(2,3)32-19(30)24-17-13-9-22-14(21)10-29(13)18(23-17)12-8-6-7-11(15(12)31-5)16-25-27-28(4)26-16/h6-10H,1-5H3,(H,24,30). The van der Waals surface area contributed by atoms with Gasteiger partial charge in [0.25, 0.3) is 0 Å². The number of carbonyl (C=O) groups excluding carboxylic acids is 1. The lowest BCUT2D eigenvalue weighted by Gasteiger charge is -2.19. The highest BCUT2D eigenvalue weighted by Gasteiger charge is 2.23. The predicted molar refractivity (Wildman–Crippen MR) is 118 cm³/mol. The Balaban J connectivity index is 1.86. The van der Waals surface area contributed by atoms with Crippen LogP contribution in [-0.4, -0.2) is 53.4 Å². The number of nitrogens with zero attached hydrogens (tertiary/aromatic N) is 7. The highest BCUT2D eigenvalue weighted by atomic mass is 35.5. The molecule has 1 aromatic carbocycles. The number of rotatable bonds is 4. The fraction of sp³-hybridized carbons (Fsp3) is 0.300. The van der Waals surface area contributed by atoms with Crippen LogP contribution in [0.4, 0.5) is 10.6 Å². The number of anilines is 1. The Morgan fingerprint density at radius 1 is 1.22 bits per heavy atom. The van der Waals surface area contributed by atoms with Crippen molar-refractivity contribution in [3.63, 3.8) is 0 Å². The van der Waals surface area contributed by atoms with Gasteiger partial charge in [-0.25, -0.2) is 14.8 Å². The number of hydrogen-bond donors (Lipinski definition) is 1. The zero-order valence-electron chi connectivity index (χ0n) is 18.1. The summed E-state index contributed by atoms with van der Waals surface area (Å²) in [6.07, 6.45) is 2.49. The summed E-state index contributed by atoms with van der Waals surface area (Å²) >= 11 is 6.15. The molecule has 0 atom stereocenters. The van der Waals surface area contributed by atoms with Gasteiger partial charge in [-0.15, -0.1) is 10.2 Å². The molecule has 0 aliphatic heterocycles. The Morgan fingerprint density at radius 3 is 2.62 bits per heavy atom. The molecule has 32 heavy (non-hydrogen) atoms. The molecule has 11 nitrogen and oxygen atoms in total. The number of amides is 1. The summed E-state index contributed by atoms with van der Waals surface area (Å²) in [5.41, 5.74) is 1.13. The molecule has 12 heteroatoms. The van der Waals surface area contributed by atoms with E-state index in [1.165, 1.54) is 11.0 Å². The number of nitrogens with one attached hydrogen (secondary N) is 1. The number of benzene rings is 1. The number of para-hydroxylation sites is 1. The molecular weight excluding hydrogens is 436 g/mol. The van der Waals surface area contributed by atoms with E-state index in [4.69, 9.17) is 21.1 Å². The minimum atomic E-state index is -0.661. The van der Waals surface area contributed by atoms with Gasteiger partial charge in [0, 0.05) is 6.20 Å². The van der Waals surface area contributed by atoms with E-state index in [0.717, 1.165) is 0 Å². The highest BCUT2D eigenvalue weighted by Crippen LogP contribution is 2.38. The molecular formula is C20H21ClN8O3. The van der Waals surface area contributed by atoms with Crippen molar-refractivity contribution in [1.29, 1.82) is 0 Å². The summed E-state index contributed by atoms with van der Waals surface area (Å²) in [5.74, 6) is 1.63. The van der Waals surface area contributed by atoms with Crippen molar-refractivity contribution in [2.75, 3.05) is 12.4 Å². The van der Waals surface area contributed by atoms with Crippen LogP contribution in [0.15, 0.2) is 30.6 Å². The number of methoxy groups -OCH3 is 1. The summed E-state index contributed by atoms with van der Waals surface area (Å²) in [6.45, 7) is 5.34. The Kier molecular flexibility index (Phi) is 5.43. The van der Waals surface area contributed by atoms with Crippen LogP contribution in [0.2, 0.25) is 5.15 Å². The summed E-state index contributed by atoms with van der Waals surface area (Å²) in [5, 5.41) is 15.2. The van der Waals surface area contributed by atoms with Crippen LogP contribution in [0.25, 0.3) is 28.3 Å². The van der Waals surface area contributed by atoms with E-state index in [0.29, 0.717) is 34.0 Å². The molecule has 0 bridgehead atoms. The quantitative estimate of drug-likeness (QED) is 0.494. The number of aryl methyl sites for hydroxylation is 1. The van der Waals surface area contributed by atoms with Crippen molar-refractivity contribution in [1.82, 2.24) is 34.6 Å². The SMILES string of the molecule is COc1c(-c2nnn(C)n2)cccc1-c1nc(NC(=O)OC(C)(C)C)c2cnc(Cl)cn12. The van der Waals surface area contributed by atoms with Gasteiger partial charge in [-0.3, -0.25) is 9.72 Å². The lowest BCUT2D eigenvalue weighted by molar-refractivity contribution is 0.0635. The average Bonchev–Trinajstić information content (AvgIpc) is 3.29. The van der Waals surface area contributed by atoms with Gasteiger partial charge >= 0.3 is 6.09 Å². The third kappa shape index (κ3) is 4.19. The van der Waals surface area contributed by atoms with E-state index in [1.807, 2.05) is 18.2 Å². The van der Waals surface area contributed by atoms with Crippen LogP contribution in [0.5, 0.6) is 5.75 Å². The van der Waals surface area contributed by atoms with Gasteiger partial charge in [0.1, 0.15) is 22.0 Å². The maximum absolute atomic E-state index is 12.4. The summed E-state index contributed by atoms with van der Waals surface area (Å²) in [6, 6.07) is 5.48. The molecule has 0 unspecified atom stereocenters. The van der Waals surface area contributed by atoms with Crippen LogP contribution in [0, 0.1) is 0 Å². The summed E-state index contributed by atoms with van der Waals surface area (Å²) < 4.78 is 12.8. The van der Waals surface area contributed by atoms with Gasteiger partial charge in [-0.1, -0.05) is 17.7 Å². The van der Waals surface area contributed by atoms with E-state index < -0.39 is 11.7 Å². The fourth-order valence-corrected chi connectivity index (χ4v) is 3.29. The lowest BCUT2D eigenvalue weighted by atomic mass is 10.1. The molecule has 0 spiro atoms. The van der Waals surface area contributed by atoms with Crippen LogP contribution < -0.4 is 10.1 Å². The number of tetrazole rings is 1. The molecule has 0 saturated carbocycles. The number of halogens is 1. The van der Waals surface area contributed by atoms with Crippen molar-refractivity contribution in [3.8, 4) is 28.5 Å².